The van der Waals surface area contributed by atoms with Gasteiger partial charge < -0.3 is 9.67 Å². The van der Waals surface area contributed by atoms with E-state index in [9.17, 15) is 9.90 Å². The normalized spacial score (nSPS) is 11.4. The molecule has 0 amide bonds. The zero-order valence-corrected chi connectivity index (χ0v) is 13.7. The molecule has 0 fully saturated rings. The van der Waals surface area contributed by atoms with Gasteiger partial charge in [-0.2, -0.15) is 0 Å². The molecule has 0 spiro atoms. The van der Waals surface area contributed by atoms with E-state index in [0.717, 1.165) is 12.2 Å². The van der Waals surface area contributed by atoms with Crippen molar-refractivity contribution in [1.29, 1.82) is 0 Å². The molecule has 22 heavy (non-hydrogen) atoms. The Hall–Kier alpha value is -2.07. The molecule has 0 saturated heterocycles. The predicted octanol–water partition coefficient (Wildman–Crippen LogP) is 3.08. The third-order valence-electron chi connectivity index (χ3n) is 3.75. The lowest BCUT2D eigenvalue weighted by molar-refractivity contribution is 0.295. The number of pyridine rings is 1. The van der Waals surface area contributed by atoms with Crippen molar-refractivity contribution in [1.82, 2.24) is 9.47 Å². The molecule has 0 atom stereocenters. The van der Waals surface area contributed by atoms with Gasteiger partial charge in [-0.3, -0.25) is 9.69 Å². The molecule has 118 valence electrons. The Morgan fingerprint density at radius 1 is 1.18 bits per heavy atom. The van der Waals surface area contributed by atoms with Crippen molar-refractivity contribution in [3.8, 4) is 5.75 Å². The molecule has 1 aromatic carbocycles. The second kappa shape index (κ2) is 6.79. The molecular weight excluding hydrogens is 276 g/mol. The summed E-state index contributed by atoms with van der Waals surface area (Å²) < 4.78 is 2.03. The van der Waals surface area contributed by atoms with E-state index in [2.05, 4.69) is 30.9 Å². The summed E-state index contributed by atoms with van der Waals surface area (Å²) in [6, 6.07) is 11.8. The molecule has 4 nitrogen and oxygen atoms in total. The van der Waals surface area contributed by atoms with E-state index in [1.54, 1.807) is 0 Å². The van der Waals surface area contributed by atoms with Crippen LogP contribution in [0.2, 0.25) is 0 Å². The first-order valence-electron chi connectivity index (χ1n) is 7.56. The highest BCUT2D eigenvalue weighted by Gasteiger charge is 2.16. The highest BCUT2D eigenvalue weighted by Crippen LogP contribution is 2.21. The smallest absolute Gasteiger partial charge is 0.223 e. The Morgan fingerprint density at radius 3 is 2.41 bits per heavy atom. The maximum absolute atomic E-state index is 11.9. The fourth-order valence-electron chi connectivity index (χ4n) is 2.87. The lowest BCUT2D eigenvalue weighted by atomic mass is 10.2. The van der Waals surface area contributed by atoms with Crippen molar-refractivity contribution in [2.75, 3.05) is 7.05 Å². The summed E-state index contributed by atoms with van der Waals surface area (Å²) in [5.41, 5.74) is 2.45. The van der Waals surface area contributed by atoms with Crippen molar-refractivity contribution >= 4 is 0 Å². The molecule has 1 N–H and O–H groups in total. The topological polar surface area (TPSA) is 45.5 Å². The number of hydrogen-bond donors (Lipinski definition) is 1. The monoisotopic (exact) mass is 300 g/mol. The van der Waals surface area contributed by atoms with E-state index in [1.165, 1.54) is 11.6 Å². The minimum absolute atomic E-state index is 0.140. The Bertz CT molecular complexity index is 690. The van der Waals surface area contributed by atoms with Gasteiger partial charge in [-0.05, 0) is 33.4 Å². The quantitative estimate of drug-likeness (QED) is 0.923. The lowest BCUT2D eigenvalue weighted by Crippen LogP contribution is -2.25. The molecular formula is C18H24N2O2. The van der Waals surface area contributed by atoms with Gasteiger partial charge in [0.2, 0.25) is 5.43 Å². The molecule has 1 aromatic heterocycles. The van der Waals surface area contributed by atoms with E-state index in [-0.39, 0.29) is 17.2 Å². The summed E-state index contributed by atoms with van der Waals surface area (Å²) >= 11 is 0. The number of aryl methyl sites for hydroxylation is 1. The van der Waals surface area contributed by atoms with Crippen LogP contribution in [0.15, 0.2) is 41.2 Å². The first kappa shape index (κ1) is 16.3. The van der Waals surface area contributed by atoms with Gasteiger partial charge >= 0.3 is 0 Å². The van der Waals surface area contributed by atoms with Gasteiger partial charge in [-0.1, -0.05) is 30.3 Å². The Balaban J connectivity index is 2.30. The third-order valence-corrected chi connectivity index (χ3v) is 3.75. The van der Waals surface area contributed by atoms with Crippen LogP contribution in [0.25, 0.3) is 0 Å². The largest absolute Gasteiger partial charge is 0.503 e. The summed E-state index contributed by atoms with van der Waals surface area (Å²) in [4.78, 5) is 14.0. The van der Waals surface area contributed by atoms with Gasteiger partial charge in [-0.15, -0.1) is 0 Å². The van der Waals surface area contributed by atoms with E-state index in [4.69, 9.17) is 0 Å². The zero-order chi connectivity index (χ0) is 16.3. The summed E-state index contributed by atoms with van der Waals surface area (Å²) in [6.45, 7) is 7.30. The Morgan fingerprint density at radius 2 is 1.82 bits per heavy atom. The van der Waals surface area contributed by atoms with Crippen LogP contribution in [0.3, 0.4) is 0 Å². The summed E-state index contributed by atoms with van der Waals surface area (Å²) in [5.74, 6) is -0.140. The fraction of sp³-hybridized carbons (Fsp3) is 0.389. The molecule has 2 aromatic rings. The average Bonchev–Trinajstić information content (AvgIpc) is 2.45. The summed E-state index contributed by atoms with van der Waals surface area (Å²) in [5, 5.41) is 10.2. The highest BCUT2D eigenvalue weighted by molar-refractivity contribution is 5.30. The minimum Gasteiger partial charge on any atom is -0.503 e. The summed E-state index contributed by atoms with van der Waals surface area (Å²) in [7, 11) is 1.99. The number of nitrogens with zero attached hydrogens (tertiary/aromatic N) is 2. The molecule has 4 heteroatoms. The number of hydrogen-bond acceptors (Lipinski definition) is 3. The van der Waals surface area contributed by atoms with Gasteiger partial charge in [0.15, 0.2) is 5.75 Å². The molecule has 0 saturated carbocycles. The molecule has 0 aliphatic carbocycles. The Labute approximate surface area is 131 Å². The van der Waals surface area contributed by atoms with Gasteiger partial charge in [0, 0.05) is 30.9 Å². The van der Waals surface area contributed by atoms with Crippen molar-refractivity contribution in [2.24, 2.45) is 0 Å². The van der Waals surface area contributed by atoms with Gasteiger partial charge in [0.05, 0.1) is 5.69 Å². The molecule has 0 aliphatic heterocycles. The van der Waals surface area contributed by atoms with Crippen LogP contribution in [0, 0.1) is 6.92 Å². The molecule has 1 heterocycles. The lowest BCUT2D eigenvalue weighted by Gasteiger charge is -2.25. The zero-order valence-electron chi connectivity index (χ0n) is 13.7. The number of rotatable bonds is 5. The van der Waals surface area contributed by atoms with Crippen LogP contribution in [-0.4, -0.2) is 21.6 Å². The second-order valence-corrected chi connectivity index (χ2v) is 6.07. The average molecular weight is 300 g/mol. The van der Waals surface area contributed by atoms with Gasteiger partial charge in [0.1, 0.15) is 0 Å². The third kappa shape index (κ3) is 3.57. The van der Waals surface area contributed by atoms with Crippen LogP contribution in [-0.2, 0) is 13.1 Å². The van der Waals surface area contributed by atoms with Crippen LogP contribution < -0.4 is 5.43 Å². The summed E-state index contributed by atoms with van der Waals surface area (Å²) in [6.07, 6.45) is 0. The van der Waals surface area contributed by atoms with Crippen molar-refractivity contribution in [3.05, 3.63) is 63.6 Å². The number of aromatic nitrogens is 1. The van der Waals surface area contributed by atoms with Crippen LogP contribution in [0.5, 0.6) is 5.75 Å². The van der Waals surface area contributed by atoms with Gasteiger partial charge in [-0.25, -0.2) is 0 Å². The standard InChI is InChI=1S/C18H24N2O2/c1-13(2)20-14(3)10-17(21)18(22)16(20)12-19(4)11-15-8-6-5-7-9-15/h5-10,13,22H,11-12H2,1-4H3. The second-order valence-electron chi connectivity index (χ2n) is 6.07. The van der Waals surface area contributed by atoms with Crippen molar-refractivity contribution in [3.63, 3.8) is 0 Å². The molecule has 0 radical (unpaired) electrons. The highest BCUT2D eigenvalue weighted by atomic mass is 16.3. The maximum atomic E-state index is 11.9. The maximum Gasteiger partial charge on any atom is 0.223 e. The minimum atomic E-state index is -0.308. The van der Waals surface area contributed by atoms with E-state index >= 15 is 0 Å². The van der Waals surface area contributed by atoms with Crippen LogP contribution in [0.4, 0.5) is 0 Å². The van der Waals surface area contributed by atoms with E-state index in [0.29, 0.717) is 12.2 Å². The number of aromatic hydroxyl groups is 1. The van der Waals surface area contributed by atoms with Gasteiger partial charge in [0.25, 0.3) is 0 Å². The van der Waals surface area contributed by atoms with E-state index in [1.807, 2.05) is 36.7 Å². The molecule has 0 unspecified atom stereocenters. The molecule has 0 bridgehead atoms. The van der Waals surface area contributed by atoms with Crippen LogP contribution in [0.1, 0.15) is 36.8 Å². The van der Waals surface area contributed by atoms with Crippen molar-refractivity contribution in [2.45, 2.75) is 39.9 Å². The van der Waals surface area contributed by atoms with Crippen molar-refractivity contribution < 1.29 is 5.11 Å². The van der Waals surface area contributed by atoms with Crippen LogP contribution >= 0.6 is 0 Å². The van der Waals surface area contributed by atoms with E-state index < -0.39 is 0 Å². The molecule has 2 rings (SSSR count). The SMILES string of the molecule is Cc1cc(=O)c(O)c(CN(C)Cc2ccccc2)n1C(C)C. The Kier molecular flexibility index (Phi) is 5.03. The fourth-order valence-corrected chi connectivity index (χ4v) is 2.87. The molecule has 0 aliphatic rings. The number of benzene rings is 1. The first-order valence-corrected chi connectivity index (χ1v) is 7.56. The first-order chi connectivity index (χ1) is 10.4. The predicted molar refractivity (Wildman–Crippen MR) is 89.1 cm³/mol.